The highest BCUT2D eigenvalue weighted by atomic mass is 16.5. The third-order valence-corrected chi connectivity index (χ3v) is 3.11. The number of hydrogen-bond acceptors (Lipinski definition) is 4. The molecular weight excluding hydrogens is 242 g/mol. The zero-order chi connectivity index (χ0) is 13.7. The Kier molecular flexibility index (Phi) is 4.82. The molecule has 1 saturated heterocycles. The minimum Gasteiger partial charge on any atom is -0.497 e. The second-order valence-corrected chi connectivity index (χ2v) is 4.68. The van der Waals surface area contributed by atoms with Gasteiger partial charge >= 0.3 is 0 Å². The Hall–Kier alpha value is -1.52. The average Bonchev–Trinajstić information content (AvgIpc) is 2.45. The Labute approximate surface area is 114 Å². The number of methoxy groups -OCH3 is 2. The first-order valence-electron chi connectivity index (χ1n) is 6.47. The molecule has 0 bridgehead atoms. The monoisotopic (exact) mass is 263 g/mol. The lowest BCUT2D eigenvalue weighted by Gasteiger charge is -2.26. The zero-order valence-electron chi connectivity index (χ0n) is 11.7. The summed E-state index contributed by atoms with van der Waals surface area (Å²) in [6.45, 7) is 3.60. The Bertz CT molecular complexity index is 445. The first kappa shape index (κ1) is 13.9. The van der Waals surface area contributed by atoms with Crippen LogP contribution in [0.1, 0.15) is 12.5 Å². The van der Waals surface area contributed by atoms with E-state index >= 15 is 0 Å². The molecule has 2 atom stereocenters. The molecule has 19 heavy (non-hydrogen) atoms. The Morgan fingerprint density at radius 2 is 2.11 bits per heavy atom. The standard InChI is InChI=1S/C15H21NO3/c1-11-9-19-10-13(16-11)6-4-12-5-7-14(17-2)8-15(12)18-3/h4-8,11,13,16H,9-10H2,1-3H3/b6-4+. The van der Waals surface area contributed by atoms with Gasteiger partial charge in [-0.3, -0.25) is 0 Å². The van der Waals surface area contributed by atoms with Gasteiger partial charge in [-0.2, -0.15) is 0 Å². The first-order chi connectivity index (χ1) is 9.22. The first-order valence-corrected chi connectivity index (χ1v) is 6.47. The lowest BCUT2D eigenvalue weighted by molar-refractivity contribution is 0.0637. The number of ether oxygens (including phenoxy) is 3. The predicted molar refractivity (Wildman–Crippen MR) is 75.8 cm³/mol. The van der Waals surface area contributed by atoms with E-state index < -0.39 is 0 Å². The summed E-state index contributed by atoms with van der Waals surface area (Å²) < 4.78 is 16.1. The van der Waals surface area contributed by atoms with E-state index in [0.29, 0.717) is 12.6 Å². The van der Waals surface area contributed by atoms with E-state index in [2.05, 4.69) is 24.4 Å². The van der Waals surface area contributed by atoms with Crippen LogP contribution in [0.3, 0.4) is 0 Å². The van der Waals surface area contributed by atoms with Crippen molar-refractivity contribution >= 4 is 6.08 Å². The fourth-order valence-electron chi connectivity index (χ4n) is 2.12. The van der Waals surface area contributed by atoms with Crippen molar-refractivity contribution in [1.29, 1.82) is 0 Å². The summed E-state index contributed by atoms with van der Waals surface area (Å²) in [6.07, 6.45) is 4.16. The van der Waals surface area contributed by atoms with E-state index in [1.165, 1.54) is 0 Å². The molecular formula is C15H21NO3. The highest BCUT2D eigenvalue weighted by Crippen LogP contribution is 2.25. The van der Waals surface area contributed by atoms with Crippen LogP contribution in [0.5, 0.6) is 11.5 Å². The predicted octanol–water partition coefficient (Wildman–Crippen LogP) is 2.09. The van der Waals surface area contributed by atoms with Gasteiger partial charge in [-0.25, -0.2) is 0 Å². The number of hydrogen-bond donors (Lipinski definition) is 1. The highest BCUT2D eigenvalue weighted by molar-refractivity contribution is 5.59. The van der Waals surface area contributed by atoms with E-state index in [0.717, 1.165) is 23.7 Å². The summed E-state index contributed by atoms with van der Waals surface area (Å²) in [7, 11) is 3.31. The van der Waals surface area contributed by atoms with Crippen LogP contribution in [0.25, 0.3) is 6.08 Å². The number of rotatable bonds is 4. The molecule has 0 spiro atoms. The molecule has 1 aliphatic rings. The van der Waals surface area contributed by atoms with Crippen LogP contribution in [0, 0.1) is 0 Å². The average molecular weight is 263 g/mol. The fraction of sp³-hybridized carbons (Fsp3) is 0.467. The van der Waals surface area contributed by atoms with Crippen LogP contribution in [0.15, 0.2) is 24.3 Å². The molecule has 4 heteroatoms. The topological polar surface area (TPSA) is 39.7 Å². The number of morpholine rings is 1. The van der Waals surface area contributed by atoms with Crippen LogP contribution in [-0.2, 0) is 4.74 Å². The molecule has 2 rings (SSSR count). The fourth-order valence-corrected chi connectivity index (χ4v) is 2.12. The van der Waals surface area contributed by atoms with Gasteiger partial charge in [-0.1, -0.05) is 12.2 Å². The van der Waals surface area contributed by atoms with Crippen molar-refractivity contribution in [1.82, 2.24) is 5.32 Å². The zero-order valence-corrected chi connectivity index (χ0v) is 11.7. The van der Waals surface area contributed by atoms with Crippen molar-refractivity contribution in [3.63, 3.8) is 0 Å². The van der Waals surface area contributed by atoms with Crippen molar-refractivity contribution in [2.75, 3.05) is 27.4 Å². The van der Waals surface area contributed by atoms with Gasteiger partial charge in [0.15, 0.2) is 0 Å². The Balaban J connectivity index is 2.09. The SMILES string of the molecule is COc1ccc(/C=C/C2COCC(C)N2)c(OC)c1. The summed E-state index contributed by atoms with van der Waals surface area (Å²) in [5, 5.41) is 3.47. The summed E-state index contributed by atoms with van der Waals surface area (Å²) in [6, 6.07) is 6.43. The molecule has 1 aromatic rings. The van der Waals surface area contributed by atoms with Gasteiger partial charge in [0.2, 0.25) is 0 Å². The van der Waals surface area contributed by atoms with Gasteiger partial charge in [-0.05, 0) is 19.1 Å². The second kappa shape index (κ2) is 6.59. The third-order valence-electron chi connectivity index (χ3n) is 3.11. The minimum absolute atomic E-state index is 0.246. The molecule has 0 saturated carbocycles. The van der Waals surface area contributed by atoms with Gasteiger partial charge in [0.25, 0.3) is 0 Å². The van der Waals surface area contributed by atoms with E-state index in [4.69, 9.17) is 14.2 Å². The van der Waals surface area contributed by atoms with Crippen LogP contribution in [-0.4, -0.2) is 39.5 Å². The maximum atomic E-state index is 5.51. The van der Waals surface area contributed by atoms with Crippen molar-refractivity contribution in [2.45, 2.75) is 19.0 Å². The van der Waals surface area contributed by atoms with Gasteiger partial charge < -0.3 is 19.5 Å². The molecule has 0 aliphatic carbocycles. The lowest BCUT2D eigenvalue weighted by atomic mass is 10.1. The summed E-state index contributed by atoms with van der Waals surface area (Å²) in [5.41, 5.74) is 1.03. The van der Waals surface area contributed by atoms with Gasteiger partial charge in [0.1, 0.15) is 11.5 Å². The van der Waals surface area contributed by atoms with Gasteiger partial charge in [0, 0.05) is 23.7 Å². The molecule has 0 amide bonds. The maximum Gasteiger partial charge on any atom is 0.129 e. The molecule has 0 radical (unpaired) electrons. The lowest BCUT2D eigenvalue weighted by Crippen LogP contribution is -2.46. The quantitative estimate of drug-likeness (QED) is 0.903. The van der Waals surface area contributed by atoms with Gasteiger partial charge in [-0.15, -0.1) is 0 Å². The van der Waals surface area contributed by atoms with Crippen LogP contribution in [0.4, 0.5) is 0 Å². The Morgan fingerprint density at radius 1 is 1.26 bits per heavy atom. The molecule has 1 N–H and O–H groups in total. The summed E-state index contributed by atoms with van der Waals surface area (Å²) in [5.74, 6) is 1.60. The minimum atomic E-state index is 0.246. The number of nitrogens with one attached hydrogen (secondary N) is 1. The van der Waals surface area contributed by atoms with Gasteiger partial charge in [0.05, 0.1) is 27.4 Å². The highest BCUT2D eigenvalue weighted by Gasteiger charge is 2.15. The molecule has 1 fully saturated rings. The molecule has 4 nitrogen and oxygen atoms in total. The van der Waals surface area contributed by atoms with E-state index in [1.807, 2.05) is 18.2 Å². The van der Waals surface area contributed by atoms with E-state index in [9.17, 15) is 0 Å². The van der Waals surface area contributed by atoms with Crippen molar-refractivity contribution in [3.8, 4) is 11.5 Å². The normalized spacial score (nSPS) is 23.5. The van der Waals surface area contributed by atoms with Crippen molar-refractivity contribution < 1.29 is 14.2 Å². The largest absolute Gasteiger partial charge is 0.497 e. The number of benzene rings is 1. The molecule has 1 aromatic carbocycles. The third kappa shape index (κ3) is 3.72. The van der Waals surface area contributed by atoms with Crippen LogP contribution < -0.4 is 14.8 Å². The van der Waals surface area contributed by atoms with Crippen LogP contribution in [0.2, 0.25) is 0 Å². The smallest absolute Gasteiger partial charge is 0.129 e. The summed E-state index contributed by atoms with van der Waals surface area (Å²) in [4.78, 5) is 0. The molecule has 2 unspecified atom stereocenters. The summed E-state index contributed by atoms with van der Waals surface area (Å²) >= 11 is 0. The molecule has 0 aromatic heterocycles. The van der Waals surface area contributed by atoms with Crippen molar-refractivity contribution in [2.24, 2.45) is 0 Å². The molecule has 1 aliphatic heterocycles. The van der Waals surface area contributed by atoms with E-state index in [-0.39, 0.29) is 6.04 Å². The van der Waals surface area contributed by atoms with Crippen LogP contribution >= 0.6 is 0 Å². The Morgan fingerprint density at radius 3 is 2.79 bits per heavy atom. The molecule has 104 valence electrons. The maximum absolute atomic E-state index is 5.51. The van der Waals surface area contributed by atoms with Crippen molar-refractivity contribution in [3.05, 3.63) is 29.8 Å². The second-order valence-electron chi connectivity index (χ2n) is 4.68. The molecule has 1 heterocycles. The van der Waals surface area contributed by atoms with E-state index in [1.54, 1.807) is 14.2 Å².